The highest BCUT2D eigenvalue weighted by Crippen LogP contribution is 2.27. The summed E-state index contributed by atoms with van der Waals surface area (Å²) in [7, 11) is 0. The van der Waals surface area contributed by atoms with E-state index in [0.29, 0.717) is 32.6 Å². The second kappa shape index (κ2) is 7.83. The van der Waals surface area contributed by atoms with Crippen LogP contribution in [-0.4, -0.2) is 49.2 Å². The van der Waals surface area contributed by atoms with Crippen molar-refractivity contribution in [2.24, 2.45) is 5.73 Å². The lowest BCUT2D eigenvalue weighted by molar-refractivity contribution is -0.130. The molecule has 0 aromatic heterocycles. The molecule has 1 unspecified atom stereocenters. The van der Waals surface area contributed by atoms with Gasteiger partial charge in [0, 0.05) is 24.8 Å². The van der Waals surface area contributed by atoms with Gasteiger partial charge < -0.3 is 15.8 Å². The van der Waals surface area contributed by atoms with Crippen LogP contribution in [0.25, 0.3) is 0 Å². The third-order valence-corrected chi connectivity index (χ3v) is 5.34. The van der Waals surface area contributed by atoms with Gasteiger partial charge in [0.25, 0.3) is 0 Å². The van der Waals surface area contributed by atoms with Crippen molar-refractivity contribution >= 4 is 17.5 Å². The van der Waals surface area contributed by atoms with Crippen LogP contribution in [0.4, 0.5) is 0 Å². The summed E-state index contributed by atoms with van der Waals surface area (Å²) in [6.07, 6.45) is 3.54. The second-order valence-electron chi connectivity index (χ2n) is 6.79. The number of carbonyl (C=O) groups is 1. The largest absolute Gasteiger partial charge is 0.381 e. The minimum absolute atomic E-state index is 0.0722. The summed E-state index contributed by atoms with van der Waals surface area (Å²) < 4.78 is 5.32. The van der Waals surface area contributed by atoms with E-state index >= 15 is 0 Å². The first-order chi connectivity index (χ1) is 11.6. The van der Waals surface area contributed by atoms with Gasteiger partial charge in [0.15, 0.2) is 0 Å². The molecule has 2 saturated heterocycles. The van der Waals surface area contributed by atoms with Crippen molar-refractivity contribution in [3.63, 3.8) is 0 Å². The summed E-state index contributed by atoms with van der Waals surface area (Å²) in [5.74, 6) is -0.0722. The van der Waals surface area contributed by atoms with E-state index in [2.05, 4.69) is 16.3 Å². The maximum Gasteiger partial charge on any atom is 0.240 e. The van der Waals surface area contributed by atoms with Crippen molar-refractivity contribution in [3.8, 4) is 0 Å². The van der Waals surface area contributed by atoms with Crippen molar-refractivity contribution in [2.75, 3.05) is 32.8 Å². The predicted molar refractivity (Wildman–Crippen MR) is 95.0 cm³/mol. The highest BCUT2D eigenvalue weighted by atomic mass is 35.5. The molecule has 2 aliphatic heterocycles. The molecule has 1 atom stereocenters. The van der Waals surface area contributed by atoms with Gasteiger partial charge in [-0.25, -0.2) is 0 Å². The van der Waals surface area contributed by atoms with Crippen LogP contribution in [0.15, 0.2) is 24.3 Å². The van der Waals surface area contributed by atoms with Crippen LogP contribution in [0.5, 0.6) is 0 Å². The summed E-state index contributed by atoms with van der Waals surface area (Å²) in [4.78, 5) is 15.0. The molecule has 132 valence electrons. The minimum atomic E-state index is -0.803. The van der Waals surface area contributed by atoms with Gasteiger partial charge in [-0.05, 0) is 56.5 Å². The van der Waals surface area contributed by atoms with Gasteiger partial charge in [0.2, 0.25) is 5.91 Å². The fourth-order valence-corrected chi connectivity index (χ4v) is 3.75. The Balaban J connectivity index is 1.69. The van der Waals surface area contributed by atoms with E-state index in [4.69, 9.17) is 22.1 Å². The van der Waals surface area contributed by atoms with Gasteiger partial charge in [0.1, 0.15) is 0 Å². The molecular weight excluding hydrogens is 326 g/mol. The number of amides is 1. The Kier molecular flexibility index (Phi) is 5.76. The fourth-order valence-electron chi connectivity index (χ4n) is 3.55. The number of carbonyl (C=O) groups excluding carboxylic acids is 1. The lowest BCUT2D eigenvalue weighted by Gasteiger charge is -2.34. The zero-order chi connectivity index (χ0) is 17.0. The number of hydrogen-bond donors (Lipinski definition) is 2. The molecule has 2 aliphatic rings. The first kappa shape index (κ1) is 17.7. The zero-order valence-corrected chi connectivity index (χ0v) is 14.7. The van der Waals surface area contributed by atoms with Crippen molar-refractivity contribution in [2.45, 2.75) is 37.3 Å². The number of ether oxygens (including phenoxy) is 1. The molecule has 24 heavy (non-hydrogen) atoms. The molecule has 0 spiro atoms. The van der Waals surface area contributed by atoms with E-state index in [-0.39, 0.29) is 11.9 Å². The third kappa shape index (κ3) is 4.09. The van der Waals surface area contributed by atoms with E-state index in [9.17, 15) is 4.79 Å². The highest BCUT2D eigenvalue weighted by molar-refractivity contribution is 6.30. The SMILES string of the molecule is NC1(C(=O)NCC(c2cccc(Cl)c2)N2CCCC2)CCOCC1. The number of benzene rings is 1. The lowest BCUT2D eigenvalue weighted by atomic mass is 9.90. The summed E-state index contributed by atoms with van der Waals surface area (Å²) in [5.41, 5.74) is 6.62. The molecule has 1 amide bonds. The van der Waals surface area contributed by atoms with Gasteiger partial charge >= 0.3 is 0 Å². The molecule has 1 aromatic carbocycles. The fraction of sp³-hybridized carbons (Fsp3) is 0.611. The monoisotopic (exact) mass is 351 g/mol. The summed E-state index contributed by atoms with van der Waals surface area (Å²) >= 11 is 6.16. The normalized spacial score (nSPS) is 22.2. The first-order valence-corrected chi connectivity index (χ1v) is 9.11. The third-order valence-electron chi connectivity index (χ3n) is 5.11. The van der Waals surface area contributed by atoms with Gasteiger partial charge in [-0.15, -0.1) is 0 Å². The number of nitrogens with one attached hydrogen (secondary N) is 1. The zero-order valence-electron chi connectivity index (χ0n) is 14.0. The molecule has 2 fully saturated rings. The smallest absolute Gasteiger partial charge is 0.240 e. The molecule has 0 saturated carbocycles. The van der Waals surface area contributed by atoms with Crippen molar-refractivity contribution in [3.05, 3.63) is 34.9 Å². The number of hydrogen-bond acceptors (Lipinski definition) is 4. The Morgan fingerprint density at radius 3 is 2.71 bits per heavy atom. The maximum absolute atomic E-state index is 12.6. The van der Waals surface area contributed by atoms with Crippen LogP contribution in [0.2, 0.25) is 5.02 Å². The predicted octanol–water partition coefficient (Wildman–Crippen LogP) is 2.10. The Labute approximate surface area is 148 Å². The van der Waals surface area contributed by atoms with Gasteiger partial charge in [-0.3, -0.25) is 9.69 Å². The molecule has 2 heterocycles. The van der Waals surface area contributed by atoms with Gasteiger partial charge in [-0.1, -0.05) is 23.7 Å². The Morgan fingerprint density at radius 1 is 1.33 bits per heavy atom. The summed E-state index contributed by atoms with van der Waals surface area (Å²) in [6, 6.07) is 8.04. The summed E-state index contributed by atoms with van der Waals surface area (Å²) in [5, 5.41) is 3.81. The van der Waals surface area contributed by atoms with Crippen LogP contribution in [0.1, 0.15) is 37.3 Å². The Bertz CT molecular complexity index is 569. The van der Waals surface area contributed by atoms with E-state index in [1.54, 1.807) is 0 Å². The van der Waals surface area contributed by atoms with Gasteiger partial charge in [-0.2, -0.15) is 0 Å². The average molecular weight is 352 g/mol. The number of rotatable bonds is 5. The highest BCUT2D eigenvalue weighted by Gasteiger charge is 2.36. The van der Waals surface area contributed by atoms with E-state index in [1.807, 2.05) is 18.2 Å². The summed E-state index contributed by atoms with van der Waals surface area (Å²) in [6.45, 7) is 3.75. The van der Waals surface area contributed by atoms with Crippen LogP contribution >= 0.6 is 11.6 Å². The minimum Gasteiger partial charge on any atom is -0.381 e. The standard InChI is InChI=1S/C18H26ClN3O2/c19-15-5-3-4-14(12-15)16(22-8-1-2-9-22)13-21-17(23)18(20)6-10-24-11-7-18/h3-5,12,16H,1-2,6-11,13,20H2,(H,21,23). The molecule has 1 aromatic rings. The Hall–Kier alpha value is -1.14. The number of halogens is 1. The molecule has 0 bridgehead atoms. The second-order valence-corrected chi connectivity index (χ2v) is 7.23. The van der Waals surface area contributed by atoms with Crippen LogP contribution in [-0.2, 0) is 9.53 Å². The topological polar surface area (TPSA) is 67.6 Å². The number of nitrogens with zero attached hydrogens (tertiary/aromatic N) is 1. The van der Waals surface area contributed by atoms with E-state index in [1.165, 1.54) is 12.8 Å². The molecule has 0 aliphatic carbocycles. The molecule has 3 rings (SSSR count). The quantitative estimate of drug-likeness (QED) is 0.852. The average Bonchev–Trinajstić information content (AvgIpc) is 3.10. The Morgan fingerprint density at radius 2 is 2.04 bits per heavy atom. The molecule has 3 N–H and O–H groups in total. The maximum atomic E-state index is 12.6. The lowest BCUT2D eigenvalue weighted by Crippen LogP contribution is -2.57. The molecular formula is C18H26ClN3O2. The van der Waals surface area contributed by atoms with Gasteiger partial charge in [0.05, 0.1) is 11.6 Å². The molecule has 5 nitrogen and oxygen atoms in total. The molecule has 0 radical (unpaired) electrons. The number of likely N-dealkylation sites (tertiary alicyclic amines) is 1. The first-order valence-electron chi connectivity index (χ1n) is 8.73. The van der Waals surface area contributed by atoms with Crippen molar-refractivity contribution < 1.29 is 9.53 Å². The van der Waals surface area contributed by atoms with Crippen molar-refractivity contribution in [1.29, 1.82) is 0 Å². The van der Waals surface area contributed by atoms with Crippen LogP contribution < -0.4 is 11.1 Å². The van der Waals surface area contributed by atoms with Crippen molar-refractivity contribution in [1.82, 2.24) is 10.2 Å². The molecule has 6 heteroatoms. The van der Waals surface area contributed by atoms with E-state index in [0.717, 1.165) is 23.7 Å². The van der Waals surface area contributed by atoms with Crippen LogP contribution in [0.3, 0.4) is 0 Å². The van der Waals surface area contributed by atoms with E-state index < -0.39 is 5.54 Å². The van der Waals surface area contributed by atoms with Crippen LogP contribution in [0, 0.1) is 0 Å². The number of nitrogens with two attached hydrogens (primary N) is 1.